The van der Waals surface area contributed by atoms with Crippen LogP contribution >= 0.6 is 11.3 Å². The second-order valence-corrected chi connectivity index (χ2v) is 10.0. The van der Waals surface area contributed by atoms with Crippen LogP contribution in [0.1, 0.15) is 47.1 Å². The number of fused-ring (bicyclic) bond motifs is 1. The standard InChI is InChI=1S/C23H25F2N7OS/c1-13-18(19(24)25)29-21(34-13)16-12-26-31(3)23(16,2)22(33)27-15-9-10-32-17(11-15)28-20(30-32)14-7-5-4-6-8-14/h4-8,12,15-16,19H,9-11H2,1-3H3,(H,27,33). The van der Waals surface area contributed by atoms with Crippen LogP contribution in [0.3, 0.4) is 0 Å². The number of hydrazone groups is 1. The highest BCUT2D eigenvalue weighted by Crippen LogP contribution is 2.40. The molecule has 5 rings (SSSR count). The minimum Gasteiger partial charge on any atom is -0.351 e. The molecule has 2 aliphatic heterocycles. The van der Waals surface area contributed by atoms with E-state index in [2.05, 4.69) is 25.5 Å². The fourth-order valence-electron chi connectivity index (χ4n) is 4.46. The largest absolute Gasteiger partial charge is 0.351 e. The summed E-state index contributed by atoms with van der Waals surface area (Å²) in [6.07, 6.45) is 0.245. The normalized spacial score (nSPS) is 24.0. The van der Waals surface area contributed by atoms with Crippen molar-refractivity contribution in [3.8, 4) is 11.4 Å². The van der Waals surface area contributed by atoms with Crippen molar-refractivity contribution in [1.29, 1.82) is 0 Å². The Kier molecular flexibility index (Phi) is 5.67. The number of aryl methyl sites for hydroxylation is 2. The summed E-state index contributed by atoms with van der Waals surface area (Å²) < 4.78 is 28.5. The van der Waals surface area contributed by atoms with Gasteiger partial charge < -0.3 is 5.32 Å². The zero-order chi connectivity index (χ0) is 24.0. The van der Waals surface area contributed by atoms with Crippen molar-refractivity contribution in [2.75, 3.05) is 7.05 Å². The monoisotopic (exact) mass is 485 g/mol. The van der Waals surface area contributed by atoms with Crippen molar-refractivity contribution in [3.63, 3.8) is 0 Å². The van der Waals surface area contributed by atoms with Gasteiger partial charge in [-0.3, -0.25) is 9.80 Å². The molecule has 0 fully saturated rings. The molecule has 178 valence electrons. The summed E-state index contributed by atoms with van der Waals surface area (Å²) in [7, 11) is 1.72. The molecule has 0 aliphatic carbocycles. The van der Waals surface area contributed by atoms with Gasteiger partial charge in [0.25, 0.3) is 6.43 Å². The third-order valence-corrected chi connectivity index (χ3v) is 7.75. The number of carbonyl (C=O) groups excluding carboxylic acids is 1. The van der Waals surface area contributed by atoms with E-state index in [-0.39, 0.29) is 17.6 Å². The molecule has 11 heteroatoms. The van der Waals surface area contributed by atoms with Crippen LogP contribution in [0.5, 0.6) is 0 Å². The number of nitrogens with zero attached hydrogens (tertiary/aromatic N) is 6. The lowest BCUT2D eigenvalue weighted by molar-refractivity contribution is -0.132. The SMILES string of the molecule is Cc1sc(C2C=NN(C)C2(C)C(=O)NC2CCn3nc(-c4ccccc4)nc3C2)nc1C(F)F. The lowest BCUT2D eigenvalue weighted by atomic mass is 9.86. The van der Waals surface area contributed by atoms with Gasteiger partial charge in [0.1, 0.15) is 22.1 Å². The molecular formula is C23H25F2N7OS. The summed E-state index contributed by atoms with van der Waals surface area (Å²) in [5.74, 6) is 0.758. The van der Waals surface area contributed by atoms with Crippen LogP contribution in [0.4, 0.5) is 8.78 Å². The van der Waals surface area contributed by atoms with Gasteiger partial charge >= 0.3 is 0 Å². The number of thiazole rings is 1. The lowest BCUT2D eigenvalue weighted by Crippen LogP contribution is -2.57. The lowest BCUT2D eigenvalue weighted by Gasteiger charge is -2.36. The molecule has 1 amide bonds. The number of likely N-dealkylation sites (N-methyl/N-ethyl adjacent to an activating group) is 1. The van der Waals surface area contributed by atoms with Gasteiger partial charge in [0.05, 0.1) is 5.92 Å². The molecule has 0 saturated heterocycles. The van der Waals surface area contributed by atoms with Crippen molar-refractivity contribution < 1.29 is 13.6 Å². The van der Waals surface area contributed by atoms with Gasteiger partial charge in [-0.25, -0.2) is 23.4 Å². The molecule has 0 saturated carbocycles. The number of benzene rings is 1. The van der Waals surface area contributed by atoms with E-state index in [9.17, 15) is 13.6 Å². The fraction of sp³-hybridized carbons (Fsp3) is 0.435. The first-order valence-electron chi connectivity index (χ1n) is 11.1. The van der Waals surface area contributed by atoms with Crippen LogP contribution in [0.25, 0.3) is 11.4 Å². The first kappa shape index (κ1) is 22.6. The van der Waals surface area contributed by atoms with Crippen LogP contribution in [-0.2, 0) is 17.8 Å². The summed E-state index contributed by atoms with van der Waals surface area (Å²) in [5, 5.41) is 14.1. The van der Waals surface area contributed by atoms with Gasteiger partial charge in [-0.15, -0.1) is 11.3 Å². The summed E-state index contributed by atoms with van der Waals surface area (Å²) in [6, 6.07) is 9.67. The molecule has 4 heterocycles. The number of aromatic nitrogens is 4. The maximum Gasteiger partial charge on any atom is 0.281 e. The van der Waals surface area contributed by atoms with E-state index in [0.717, 1.165) is 11.4 Å². The molecule has 8 nitrogen and oxygen atoms in total. The maximum atomic E-state index is 13.5. The summed E-state index contributed by atoms with van der Waals surface area (Å²) in [6.45, 7) is 4.05. The van der Waals surface area contributed by atoms with E-state index >= 15 is 0 Å². The second-order valence-electron chi connectivity index (χ2n) is 8.81. The number of nitrogens with one attached hydrogen (secondary N) is 1. The van der Waals surface area contributed by atoms with E-state index in [0.29, 0.717) is 35.1 Å². The summed E-state index contributed by atoms with van der Waals surface area (Å²) in [5.41, 5.74) is -0.359. The Morgan fingerprint density at radius 1 is 1.26 bits per heavy atom. The van der Waals surface area contributed by atoms with Gasteiger partial charge in [0.15, 0.2) is 5.82 Å². The molecule has 3 aromatic rings. The quantitative estimate of drug-likeness (QED) is 0.597. The third-order valence-electron chi connectivity index (χ3n) is 6.68. The highest BCUT2D eigenvalue weighted by molar-refractivity contribution is 7.11. The first-order chi connectivity index (χ1) is 16.3. The van der Waals surface area contributed by atoms with Crippen molar-refractivity contribution in [3.05, 3.63) is 51.7 Å². The average molecular weight is 486 g/mol. The van der Waals surface area contributed by atoms with Crippen LogP contribution in [0, 0.1) is 6.92 Å². The first-order valence-corrected chi connectivity index (χ1v) is 11.9. The smallest absolute Gasteiger partial charge is 0.281 e. The van der Waals surface area contributed by atoms with Gasteiger partial charge in [0, 0.05) is 42.7 Å². The van der Waals surface area contributed by atoms with Crippen LogP contribution in [-0.4, -0.2) is 55.5 Å². The van der Waals surface area contributed by atoms with Crippen molar-refractivity contribution in [2.24, 2.45) is 5.10 Å². The van der Waals surface area contributed by atoms with E-state index in [1.54, 1.807) is 32.1 Å². The Morgan fingerprint density at radius 3 is 2.74 bits per heavy atom. The molecule has 0 bridgehead atoms. The highest BCUT2D eigenvalue weighted by Gasteiger charge is 2.50. The van der Waals surface area contributed by atoms with Crippen LogP contribution in [0.15, 0.2) is 35.4 Å². The Bertz CT molecular complexity index is 1240. The molecule has 2 aromatic heterocycles. The number of alkyl halides is 2. The molecule has 1 N–H and O–H groups in total. The zero-order valence-electron chi connectivity index (χ0n) is 19.1. The molecule has 3 atom stereocenters. The summed E-state index contributed by atoms with van der Waals surface area (Å²) in [4.78, 5) is 22.8. The molecule has 2 aliphatic rings. The number of hydrogen-bond donors (Lipinski definition) is 1. The summed E-state index contributed by atoms with van der Waals surface area (Å²) >= 11 is 1.19. The number of halogens is 2. The molecular weight excluding hydrogens is 460 g/mol. The molecule has 3 unspecified atom stereocenters. The minimum absolute atomic E-state index is 0.117. The minimum atomic E-state index is -2.65. The zero-order valence-corrected chi connectivity index (χ0v) is 19.9. The predicted octanol–water partition coefficient (Wildman–Crippen LogP) is 3.55. The topological polar surface area (TPSA) is 88.3 Å². The van der Waals surface area contributed by atoms with Crippen molar-refractivity contribution >= 4 is 23.5 Å². The molecule has 0 spiro atoms. The molecule has 1 aromatic carbocycles. The Hall–Kier alpha value is -3.21. The highest BCUT2D eigenvalue weighted by atomic mass is 32.1. The van der Waals surface area contributed by atoms with Gasteiger partial charge in [0.2, 0.25) is 5.91 Å². The number of rotatable bonds is 5. The van der Waals surface area contributed by atoms with E-state index < -0.39 is 17.9 Å². The second kappa shape index (κ2) is 8.53. The van der Waals surface area contributed by atoms with Gasteiger partial charge in [-0.05, 0) is 20.3 Å². The predicted molar refractivity (Wildman–Crippen MR) is 125 cm³/mol. The van der Waals surface area contributed by atoms with E-state index in [1.807, 2.05) is 35.0 Å². The number of hydrogen-bond acceptors (Lipinski definition) is 7. The molecule has 0 radical (unpaired) electrons. The van der Waals surface area contributed by atoms with Crippen LogP contribution < -0.4 is 5.32 Å². The van der Waals surface area contributed by atoms with E-state index in [1.165, 1.54) is 11.3 Å². The molecule has 34 heavy (non-hydrogen) atoms. The third kappa shape index (κ3) is 3.77. The average Bonchev–Trinajstić information content (AvgIpc) is 3.50. The number of amides is 1. The Balaban J connectivity index is 1.33. The van der Waals surface area contributed by atoms with Crippen molar-refractivity contribution in [1.82, 2.24) is 30.1 Å². The van der Waals surface area contributed by atoms with Crippen LogP contribution in [0.2, 0.25) is 0 Å². The van der Waals surface area contributed by atoms with Gasteiger partial charge in [-0.1, -0.05) is 30.3 Å². The maximum absolute atomic E-state index is 13.5. The Morgan fingerprint density at radius 2 is 2.03 bits per heavy atom. The fourth-order valence-corrected chi connectivity index (χ4v) is 5.57. The Labute approximate surface area is 199 Å². The van der Waals surface area contributed by atoms with E-state index in [4.69, 9.17) is 0 Å². The van der Waals surface area contributed by atoms with Crippen molar-refractivity contribution in [2.45, 2.75) is 57.2 Å². The van der Waals surface area contributed by atoms with Gasteiger partial charge in [-0.2, -0.15) is 10.2 Å². The number of carbonyl (C=O) groups is 1.